The van der Waals surface area contributed by atoms with Crippen LogP contribution < -0.4 is 19.7 Å². The van der Waals surface area contributed by atoms with Crippen LogP contribution in [0.25, 0.3) is 0 Å². The van der Waals surface area contributed by atoms with Gasteiger partial charge in [-0.3, -0.25) is 9.59 Å². The highest BCUT2D eigenvalue weighted by Crippen LogP contribution is 2.36. The number of rotatable bonds is 7. The Morgan fingerprint density at radius 2 is 1.70 bits per heavy atom. The maximum Gasteiger partial charge on any atom is 0.263 e. The van der Waals surface area contributed by atoms with Gasteiger partial charge in [0.25, 0.3) is 5.91 Å². The normalized spacial score (nSPS) is 17.9. The number of methoxy groups -OCH3 is 1. The number of nitrogens with one attached hydrogen (secondary N) is 1. The molecule has 5 rings (SSSR count). The molecule has 0 unspecified atom stereocenters. The van der Waals surface area contributed by atoms with E-state index in [-0.39, 0.29) is 42.3 Å². The van der Waals surface area contributed by atoms with E-state index in [9.17, 15) is 18.0 Å². The first kappa shape index (κ1) is 27.7. The van der Waals surface area contributed by atoms with Gasteiger partial charge in [-0.15, -0.1) is 0 Å². The molecular weight excluding hydrogens is 530 g/mol. The van der Waals surface area contributed by atoms with Crippen molar-refractivity contribution in [1.82, 2.24) is 9.62 Å². The molecule has 1 saturated heterocycles. The molecule has 1 atom stereocenters. The number of nitrogens with zero attached hydrogens (tertiary/aromatic N) is 2. The van der Waals surface area contributed by atoms with Gasteiger partial charge in [-0.25, -0.2) is 8.42 Å². The molecule has 210 valence electrons. The first-order chi connectivity index (χ1) is 19.3. The predicted octanol–water partition coefficient (Wildman–Crippen LogP) is 3.51. The summed E-state index contributed by atoms with van der Waals surface area (Å²) in [5.41, 5.74) is 2.32. The Labute approximate surface area is 234 Å². The zero-order valence-corrected chi connectivity index (χ0v) is 23.4. The van der Waals surface area contributed by atoms with Gasteiger partial charge in [0.2, 0.25) is 15.9 Å². The van der Waals surface area contributed by atoms with E-state index in [1.165, 1.54) is 4.31 Å². The molecule has 9 nitrogen and oxygen atoms in total. The lowest BCUT2D eigenvalue weighted by molar-refractivity contribution is -0.129. The molecule has 1 fully saturated rings. The molecule has 2 aliphatic heterocycles. The molecule has 2 aliphatic rings. The maximum atomic E-state index is 13.8. The molecule has 0 saturated carbocycles. The van der Waals surface area contributed by atoms with Gasteiger partial charge in [0.15, 0.2) is 6.10 Å². The first-order valence-electron chi connectivity index (χ1n) is 13.3. The summed E-state index contributed by atoms with van der Waals surface area (Å²) in [4.78, 5) is 28.6. The van der Waals surface area contributed by atoms with Crippen LogP contribution in [0.2, 0.25) is 0 Å². The number of hydrogen-bond acceptors (Lipinski definition) is 6. The van der Waals surface area contributed by atoms with E-state index < -0.39 is 16.1 Å². The van der Waals surface area contributed by atoms with Gasteiger partial charge in [-0.1, -0.05) is 42.5 Å². The fourth-order valence-corrected chi connectivity index (χ4v) is 6.76. The van der Waals surface area contributed by atoms with Crippen LogP contribution in [-0.4, -0.2) is 57.4 Å². The third-order valence-electron chi connectivity index (χ3n) is 7.45. The zero-order chi connectivity index (χ0) is 28.3. The number of benzene rings is 3. The van der Waals surface area contributed by atoms with Gasteiger partial charge in [0.1, 0.15) is 11.5 Å². The fraction of sp³-hybridized carbons (Fsp3) is 0.333. The number of sulfonamides is 1. The van der Waals surface area contributed by atoms with Crippen LogP contribution in [-0.2, 0) is 26.2 Å². The summed E-state index contributed by atoms with van der Waals surface area (Å²) in [5, 5.41) is 2.90. The van der Waals surface area contributed by atoms with E-state index in [2.05, 4.69) is 5.32 Å². The molecule has 3 aromatic rings. The molecule has 0 radical (unpaired) electrons. The highest BCUT2D eigenvalue weighted by molar-refractivity contribution is 7.89. The maximum absolute atomic E-state index is 13.8. The third kappa shape index (κ3) is 5.68. The predicted molar refractivity (Wildman–Crippen MR) is 151 cm³/mol. The lowest BCUT2D eigenvalue weighted by atomic mass is 9.95. The number of carbonyl (C=O) groups excluding carboxylic acids is 2. The molecule has 40 heavy (non-hydrogen) atoms. The minimum Gasteiger partial charge on any atom is -0.496 e. The van der Waals surface area contributed by atoms with Crippen molar-refractivity contribution >= 4 is 27.5 Å². The van der Waals surface area contributed by atoms with Crippen LogP contribution in [0.5, 0.6) is 11.5 Å². The van der Waals surface area contributed by atoms with Crippen molar-refractivity contribution in [3.05, 3.63) is 83.9 Å². The molecule has 2 amide bonds. The van der Waals surface area contributed by atoms with Gasteiger partial charge in [-0.2, -0.15) is 4.31 Å². The standard InChI is InChI=1S/C30H33N3O6S/c1-21-18-24(12-13-26(21)38-2)40(36,37)32-16-14-23(15-17-32)30(35)33-20-28(39-27-11-7-6-10-25(27)33)29(34)31-19-22-8-4-3-5-9-22/h3-13,18,23,28H,14-17,19-20H2,1-2H3,(H,31,34)/t28-/m0/s1. The lowest BCUT2D eigenvalue weighted by Crippen LogP contribution is -2.53. The Morgan fingerprint density at radius 3 is 2.40 bits per heavy atom. The monoisotopic (exact) mass is 563 g/mol. The molecule has 0 aromatic heterocycles. The highest BCUT2D eigenvalue weighted by atomic mass is 32.2. The van der Waals surface area contributed by atoms with Gasteiger partial charge < -0.3 is 19.7 Å². The Bertz CT molecular complexity index is 1490. The average Bonchev–Trinajstić information content (AvgIpc) is 2.99. The van der Waals surface area contributed by atoms with Crippen LogP contribution in [0.3, 0.4) is 0 Å². The molecule has 0 bridgehead atoms. The van der Waals surface area contributed by atoms with Crippen LogP contribution in [0.4, 0.5) is 5.69 Å². The van der Waals surface area contributed by atoms with Crippen molar-refractivity contribution in [2.24, 2.45) is 5.92 Å². The van der Waals surface area contributed by atoms with Gasteiger partial charge >= 0.3 is 0 Å². The quantitative estimate of drug-likeness (QED) is 0.472. The Morgan fingerprint density at radius 1 is 1.00 bits per heavy atom. The Balaban J connectivity index is 1.26. The Hall–Kier alpha value is -3.89. The van der Waals surface area contributed by atoms with Gasteiger partial charge in [-0.05, 0) is 61.2 Å². The van der Waals surface area contributed by atoms with Gasteiger partial charge in [0, 0.05) is 25.6 Å². The summed E-state index contributed by atoms with van der Waals surface area (Å²) in [6.45, 7) is 2.71. The Kier molecular flexibility index (Phi) is 8.09. The number of ether oxygens (including phenoxy) is 2. The summed E-state index contributed by atoms with van der Waals surface area (Å²) in [5.74, 6) is 0.294. The fourth-order valence-electron chi connectivity index (χ4n) is 5.20. The molecule has 3 aromatic carbocycles. The number of hydrogen-bond donors (Lipinski definition) is 1. The second-order valence-corrected chi connectivity index (χ2v) is 12.0. The van der Waals surface area contributed by atoms with E-state index in [0.717, 1.165) is 11.1 Å². The van der Waals surface area contributed by atoms with Crippen molar-refractivity contribution in [1.29, 1.82) is 0 Å². The van der Waals surface area contributed by atoms with Crippen molar-refractivity contribution < 1.29 is 27.5 Å². The third-order valence-corrected chi connectivity index (χ3v) is 9.34. The van der Waals surface area contributed by atoms with E-state index in [0.29, 0.717) is 36.6 Å². The van der Waals surface area contributed by atoms with E-state index in [1.807, 2.05) is 36.4 Å². The van der Waals surface area contributed by atoms with E-state index in [1.54, 1.807) is 55.3 Å². The van der Waals surface area contributed by atoms with E-state index >= 15 is 0 Å². The van der Waals surface area contributed by atoms with E-state index in [4.69, 9.17) is 9.47 Å². The van der Waals surface area contributed by atoms with Crippen LogP contribution >= 0.6 is 0 Å². The van der Waals surface area contributed by atoms with Crippen molar-refractivity contribution in [2.75, 3.05) is 31.6 Å². The minimum absolute atomic E-state index is 0.0834. The summed E-state index contributed by atoms with van der Waals surface area (Å²) in [6.07, 6.45) is -0.0869. The smallest absolute Gasteiger partial charge is 0.263 e. The summed E-state index contributed by atoms with van der Waals surface area (Å²) in [6, 6.07) is 21.6. The molecule has 1 N–H and O–H groups in total. The number of anilines is 1. The first-order valence-corrected chi connectivity index (χ1v) is 14.8. The molecule has 0 spiro atoms. The zero-order valence-electron chi connectivity index (χ0n) is 22.6. The number of piperidine rings is 1. The second-order valence-electron chi connectivity index (χ2n) is 10.0. The molecular formula is C30H33N3O6S. The van der Waals surface area contributed by atoms with Gasteiger partial charge in [0.05, 0.1) is 24.2 Å². The number of carbonyl (C=O) groups is 2. The average molecular weight is 564 g/mol. The summed E-state index contributed by atoms with van der Waals surface area (Å²) < 4.78 is 39.3. The topological polar surface area (TPSA) is 105 Å². The van der Waals surface area contributed by atoms with Crippen molar-refractivity contribution in [3.8, 4) is 11.5 Å². The highest BCUT2D eigenvalue weighted by Gasteiger charge is 2.39. The minimum atomic E-state index is -3.70. The number of para-hydroxylation sites is 2. The number of fused-ring (bicyclic) bond motifs is 1. The summed E-state index contributed by atoms with van der Waals surface area (Å²) in [7, 11) is -2.16. The lowest BCUT2D eigenvalue weighted by Gasteiger charge is -2.38. The van der Waals surface area contributed by atoms with Crippen molar-refractivity contribution in [2.45, 2.75) is 37.3 Å². The number of amides is 2. The molecule has 2 heterocycles. The summed E-state index contributed by atoms with van der Waals surface area (Å²) >= 11 is 0. The largest absolute Gasteiger partial charge is 0.496 e. The SMILES string of the molecule is COc1ccc(S(=O)(=O)N2CCC(C(=O)N3C[C@@H](C(=O)NCc4ccccc4)Oc4ccccc43)CC2)cc1C. The van der Waals surface area contributed by atoms with Crippen LogP contribution in [0, 0.1) is 12.8 Å². The molecule has 0 aliphatic carbocycles. The van der Waals surface area contributed by atoms with Crippen molar-refractivity contribution in [3.63, 3.8) is 0 Å². The molecule has 10 heteroatoms. The number of aryl methyl sites for hydroxylation is 1. The van der Waals surface area contributed by atoms with Crippen LogP contribution in [0.1, 0.15) is 24.0 Å². The van der Waals surface area contributed by atoms with Crippen LogP contribution in [0.15, 0.2) is 77.7 Å². The second kappa shape index (κ2) is 11.7.